The lowest BCUT2D eigenvalue weighted by atomic mass is 10.3. The van der Waals surface area contributed by atoms with Crippen LogP contribution in [-0.4, -0.2) is 72.8 Å². The third kappa shape index (κ3) is 7.39. The Morgan fingerprint density at radius 2 is 1.93 bits per heavy atom. The number of pyridine rings is 1. The average molecular weight is 491 g/mol. The van der Waals surface area contributed by atoms with Crippen LogP contribution in [0.5, 0.6) is 5.88 Å². The predicted molar refractivity (Wildman–Crippen MR) is 116 cm³/mol. The number of ether oxygens (including phenoxy) is 2. The molecule has 1 aromatic rings. The number of carbonyl (C=O) groups is 1. The highest BCUT2D eigenvalue weighted by Crippen LogP contribution is 2.10. The summed E-state index contributed by atoms with van der Waals surface area (Å²) in [5.41, 5.74) is 1.05. The molecule has 1 aliphatic heterocycles. The van der Waals surface area contributed by atoms with Crippen LogP contribution < -0.4 is 10.1 Å². The van der Waals surface area contributed by atoms with Crippen molar-refractivity contribution in [3.05, 3.63) is 23.9 Å². The number of hydrogen-bond donors (Lipinski definition) is 1. The van der Waals surface area contributed by atoms with Gasteiger partial charge in [-0.1, -0.05) is 6.07 Å². The van der Waals surface area contributed by atoms with Gasteiger partial charge in [-0.05, 0) is 26.3 Å². The standard InChI is InChI=1S/C18H29N5O3.HI/c1-5-25-18(24)23-10-8-22(9-11-23)17(19-4)21-13-15-6-7-16(20-12-15)26-14(2)3;/h6-7,12,14H,5,8-11,13H2,1-4H3,(H,19,21);1H. The number of halogens is 1. The van der Waals surface area contributed by atoms with Crippen molar-refractivity contribution in [3.8, 4) is 5.88 Å². The fourth-order valence-corrected chi connectivity index (χ4v) is 2.66. The van der Waals surface area contributed by atoms with Crippen LogP contribution in [0.4, 0.5) is 4.79 Å². The highest BCUT2D eigenvalue weighted by molar-refractivity contribution is 14.0. The van der Waals surface area contributed by atoms with E-state index in [-0.39, 0.29) is 36.2 Å². The monoisotopic (exact) mass is 491 g/mol. The molecule has 8 nitrogen and oxygen atoms in total. The molecule has 1 N–H and O–H groups in total. The second-order valence-corrected chi connectivity index (χ2v) is 6.25. The van der Waals surface area contributed by atoms with Crippen LogP contribution in [-0.2, 0) is 11.3 Å². The van der Waals surface area contributed by atoms with Crippen molar-refractivity contribution in [1.29, 1.82) is 0 Å². The molecule has 1 saturated heterocycles. The first-order chi connectivity index (χ1) is 12.5. The fraction of sp³-hybridized carbons (Fsp3) is 0.611. The predicted octanol–water partition coefficient (Wildman–Crippen LogP) is 2.34. The molecule has 1 amide bonds. The van der Waals surface area contributed by atoms with E-state index in [2.05, 4.69) is 20.2 Å². The number of hydrogen-bond acceptors (Lipinski definition) is 5. The molecule has 0 radical (unpaired) electrons. The molecule has 152 valence electrons. The van der Waals surface area contributed by atoms with E-state index < -0.39 is 0 Å². The lowest BCUT2D eigenvalue weighted by molar-refractivity contribution is 0.0914. The Labute approximate surface area is 178 Å². The largest absolute Gasteiger partial charge is 0.475 e. The minimum atomic E-state index is -0.245. The smallest absolute Gasteiger partial charge is 0.409 e. The number of nitrogens with zero attached hydrogens (tertiary/aromatic N) is 4. The first-order valence-corrected chi connectivity index (χ1v) is 9.02. The highest BCUT2D eigenvalue weighted by Gasteiger charge is 2.23. The van der Waals surface area contributed by atoms with Gasteiger partial charge in [0.05, 0.1) is 12.7 Å². The summed E-state index contributed by atoms with van der Waals surface area (Å²) in [5.74, 6) is 1.44. The number of carbonyl (C=O) groups excluding carboxylic acids is 1. The number of aliphatic imine (C=N–C) groups is 1. The zero-order valence-electron chi connectivity index (χ0n) is 16.5. The molecule has 0 bridgehead atoms. The van der Waals surface area contributed by atoms with Gasteiger partial charge in [0.1, 0.15) is 0 Å². The number of aromatic nitrogens is 1. The minimum absolute atomic E-state index is 0. The number of amides is 1. The van der Waals surface area contributed by atoms with Crippen LogP contribution in [0.15, 0.2) is 23.3 Å². The van der Waals surface area contributed by atoms with E-state index >= 15 is 0 Å². The first-order valence-electron chi connectivity index (χ1n) is 9.02. The summed E-state index contributed by atoms with van der Waals surface area (Å²) in [5, 5.41) is 3.35. The van der Waals surface area contributed by atoms with Gasteiger partial charge < -0.3 is 24.6 Å². The Morgan fingerprint density at radius 3 is 2.44 bits per heavy atom. The maximum absolute atomic E-state index is 11.8. The van der Waals surface area contributed by atoms with Gasteiger partial charge >= 0.3 is 6.09 Å². The Kier molecular flexibility index (Phi) is 10.2. The lowest BCUT2D eigenvalue weighted by Gasteiger charge is -2.35. The summed E-state index contributed by atoms with van der Waals surface area (Å²) in [4.78, 5) is 24.3. The van der Waals surface area contributed by atoms with Crippen LogP contribution in [0, 0.1) is 0 Å². The number of nitrogens with one attached hydrogen (secondary N) is 1. The molecule has 2 heterocycles. The molecule has 0 saturated carbocycles. The zero-order valence-corrected chi connectivity index (χ0v) is 18.8. The molecule has 2 rings (SSSR count). The molecular weight excluding hydrogens is 461 g/mol. The van der Waals surface area contributed by atoms with Crippen LogP contribution in [0.2, 0.25) is 0 Å². The summed E-state index contributed by atoms with van der Waals surface area (Å²) in [6.45, 7) is 9.49. The maximum atomic E-state index is 11.8. The quantitative estimate of drug-likeness (QED) is 0.387. The number of guanidine groups is 1. The third-order valence-corrected chi connectivity index (χ3v) is 3.92. The van der Waals surface area contributed by atoms with Crippen molar-refractivity contribution < 1.29 is 14.3 Å². The Hall–Kier alpha value is -1.78. The topological polar surface area (TPSA) is 79.3 Å². The molecule has 27 heavy (non-hydrogen) atoms. The second-order valence-electron chi connectivity index (χ2n) is 6.25. The normalized spacial score (nSPS) is 14.6. The van der Waals surface area contributed by atoms with E-state index in [1.165, 1.54) is 0 Å². The van der Waals surface area contributed by atoms with Crippen LogP contribution in [0.1, 0.15) is 26.3 Å². The van der Waals surface area contributed by atoms with E-state index in [9.17, 15) is 4.79 Å². The molecule has 0 aromatic carbocycles. The molecule has 1 aromatic heterocycles. The van der Waals surface area contributed by atoms with E-state index in [1.807, 2.05) is 32.9 Å². The lowest BCUT2D eigenvalue weighted by Crippen LogP contribution is -2.53. The molecule has 0 unspecified atom stereocenters. The summed E-state index contributed by atoms with van der Waals surface area (Å²) in [7, 11) is 1.76. The van der Waals surface area contributed by atoms with Crippen LogP contribution in [0.25, 0.3) is 0 Å². The van der Waals surface area contributed by atoms with Crippen molar-refractivity contribution >= 4 is 36.0 Å². The Bertz CT molecular complexity index is 602. The fourth-order valence-electron chi connectivity index (χ4n) is 2.66. The molecule has 1 aliphatic rings. The molecule has 1 fully saturated rings. The number of rotatable bonds is 5. The van der Waals surface area contributed by atoms with Gasteiger partial charge in [-0.15, -0.1) is 24.0 Å². The summed E-state index contributed by atoms with van der Waals surface area (Å²) < 4.78 is 10.6. The Balaban J connectivity index is 0.00000364. The van der Waals surface area contributed by atoms with Crippen LogP contribution >= 0.6 is 24.0 Å². The van der Waals surface area contributed by atoms with Crippen molar-refractivity contribution in [2.75, 3.05) is 39.8 Å². The summed E-state index contributed by atoms with van der Waals surface area (Å²) >= 11 is 0. The van der Waals surface area contributed by atoms with Gasteiger partial charge in [-0.2, -0.15) is 0 Å². The van der Waals surface area contributed by atoms with Crippen LogP contribution in [0.3, 0.4) is 0 Å². The minimum Gasteiger partial charge on any atom is -0.475 e. The van der Waals surface area contributed by atoms with Crippen molar-refractivity contribution in [1.82, 2.24) is 20.1 Å². The maximum Gasteiger partial charge on any atom is 0.409 e. The Morgan fingerprint density at radius 1 is 1.26 bits per heavy atom. The van der Waals surface area contributed by atoms with Gasteiger partial charge in [0, 0.05) is 52.0 Å². The zero-order chi connectivity index (χ0) is 18.9. The third-order valence-electron chi connectivity index (χ3n) is 3.92. The molecule has 0 atom stereocenters. The van der Waals surface area contributed by atoms with Gasteiger partial charge in [0.15, 0.2) is 5.96 Å². The summed E-state index contributed by atoms with van der Waals surface area (Å²) in [6, 6.07) is 3.86. The second kappa shape index (κ2) is 11.8. The molecule has 0 aliphatic carbocycles. The van der Waals surface area contributed by atoms with E-state index in [4.69, 9.17) is 9.47 Å². The molecule has 9 heteroatoms. The summed E-state index contributed by atoms with van der Waals surface area (Å²) in [6.07, 6.45) is 1.67. The van der Waals surface area contributed by atoms with Crippen molar-refractivity contribution in [2.24, 2.45) is 4.99 Å². The van der Waals surface area contributed by atoms with Crippen molar-refractivity contribution in [2.45, 2.75) is 33.4 Å². The first kappa shape index (κ1) is 23.3. The number of piperazine rings is 1. The van der Waals surface area contributed by atoms with Crippen molar-refractivity contribution in [3.63, 3.8) is 0 Å². The van der Waals surface area contributed by atoms with Gasteiger partial charge in [-0.25, -0.2) is 9.78 Å². The van der Waals surface area contributed by atoms with E-state index in [0.717, 1.165) is 24.6 Å². The van der Waals surface area contributed by atoms with E-state index in [0.29, 0.717) is 32.1 Å². The van der Waals surface area contributed by atoms with Gasteiger partial charge in [0.2, 0.25) is 5.88 Å². The SMILES string of the molecule is CCOC(=O)N1CCN(C(=NC)NCc2ccc(OC(C)C)nc2)CC1.I. The molecule has 0 spiro atoms. The average Bonchev–Trinajstić information content (AvgIpc) is 2.64. The van der Waals surface area contributed by atoms with Gasteiger partial charge in [0.25, 0.3) is 0 Å². The van der Waals surface area contributed by atoms with Gasteiger partial charge in [-0.3, -0.25) is 4.99 Å². The highest BCUT2D eigenvalue weighted by atomic mass is 127. The molecular formula is C18H30IN5O3. The van der Waals surface area contributed by atoms with E-state index in [1.54, 1.807) is 18.1 Å².